The van der Waals surface area contributed by atoms with Crippen molar-refractivity contribution in [1.82, 2.24) is 4.90 Å². The number of aliphatic hydroxyl groups is 3. The lowest BCUT2D eigenvalue weighted by atomic mass is 9.96. The maximum absolute atomic E-state index is 11.8. The van der Waals surface area contributed by atoms with Gasteiger partial charge in [0.15, 0.2) is 6.23 Å². The molecule has 3 heterocycles. The number of rotatable bonds is 2. The Kier molecular flexibility index (Phi) is 3.10. The highest BCUT2D eigenvalue weighted by atomic mass is 16.6. The van der Waals surface area contributed by atoms with Crippen LogP contribution in [-0.4, -0.2) is 68.6 Å². The van der Waals surface area contributed by atoms with Crippen LogP contribution in [0.15, 0.2) is 22.3 Å². The molecule has 0 spiro atoms. The molecule has 3 aliphatic heterocycles. The van der Waals surface area contributed by atoms with Gasteiger partial charge >= 0.3 is 0 Å². The molecule has 5 unspecified atom stereocenters. The van der Waals surface area contributed by atoms with Crippen LogP contribution in [0.5, 0.6) is 0 Å². The monoisotopic (exact) mass is 296 g/mol. The lowest BCUT2D eigenvalue weighted by Gasteiger charge is -2.34. The molecule has 9 nitrogen and oxygen atoms in total. The molecule has 1 saturated heterocycles. The first-order valence-electron chi connectivity index (χ1n) is 6.46. The summed E-state index contributed by atoms with van der Waals surface area (Å²) in [5.74, 6) is -1.02. The SMILES string of the molecule is CC1(O)C(O)C(CO)OC1N1C=CC2C(=O)N=C(N)N=C21. The van der Waals surface area contributed by atoms with Crippen molar-refractivity contribution in [2.45, 2.75) is 31.0 Å². The molecule has 0 radical (unpaired) electrons. The number of hydrogen-bond donors (Lipinski definition) is 4. The minimum absolute atomic E-state index is 0.170. The summed E-state index contributed by atoms with van der Waals surface area (Å²) in [5, 5.41) is 29.6. The van der Waals surface area contributed by atoms with Gasteiger partial charge in [-0.2, -0.15) is 9.98 Å². The van der Waals surface area contributed by atoms with Crippen LogP contribution in [0.2, 0.25) is 0 Å². The molecule has 0 aromatic carbocycles. The van der Waals surface area contributed by atoms with E-state index in [1.54, 1.807) is 6.08 Å². The maximum Gasteiger partial charge on any atom is 0.263 e. The second-order valence-electron chi connectivity index (χ2n) is 5.38. The minimum Gasteiger partial charge on any atom is -0.394 e. The number of aliphatic imine (C=N–C) groups is 2. The van der Waals surface area contributed by atoms with Crippen molar-refractivity contribution in [3.05, 3.63) is 12.3 Å². The fourth-order valence-electron chi connectivity index (χ4n) is 2.74. The summed E-state index contributed by atoms with van der Waals surface area (Å²) in [5.41, 5.74) is 3.83. The predicted octanol–water partition coefficient (Wildman–Crippen LogP) is -2.49. The van der Waals surface area contributed by atoms with E-state index in [4.69, 9.17) is 10.5 Å². The van der Waals surface area contributed by atoms with Gasteiger partial charge in [-0.1, -0.05) is 0 Å². The predicted molar refractivity (Wildman–Crippen MR) is 70.9 cm³/mol. The van der Waals surface area contributed by atoms with Gasteiger partial charge in [0.25, 0.3) is 5.91 Å². The van der Waals surface area contributed by atoms with E-state index in [0.717, 1.165) is 0 Å². The summed E-state index contributed by atoms with van der Waals surface area (Å²) in [6.45, 7) is 0.950. The van der Waals surface area contributed by atoms with E-state index in [0.29, 0.717) is 0 Å². The fourth-order valence-corrected chi connectivity index (χ4v) is 2.74. The number of hydrogen-bond acceptors (Lipinski definition) is 8. The number of nitrogens with zero attached hydrogens (tertiary/aromatic N) is 3. The van der Waals surface area contributed by atoms with Crippen molar-refractivity contribution in [2.24, 2.45) is 21.6 Å². The van der Waals surface area contributed by atoms with Crippen LogP contribution in [0.4, 0.5) is 0 Å². The zero-order chi connectivity index (χ0) is 15.4. The second kappa shape index (κ2) is 4.60. The molecule has 3 rings (SSSR count). The van der Waals surface area contributed by atoms with E-state index in [1.807, 2.05) is 0 Å². The van der Waals surface area contributed by atoms with Crippen LogP contribution in [0.1, 0.15) is 6.92 Å². The first-order valence-corrected chi connectivity index (χ1v) is 6.46. The third-order valence-electron chi connectivity index (χ3n) is 3.89. The van der Waals surface area contributed by atoms with E-state index in [1.165, 1.54) is 18.0 Å². The van der Waals surface area contributed by atoms with Gasteiger partial charge in [-0.15, -0.1) is 0 Å². The van der Waals surface area contributed by atoms with E-state index >= 15 is 0 Å². The Hall–Kier alpha value is -1.81. The molecule has 5 atom stereocenters. The Morgan fingerprint density at radius 3 is 2.86 bits per heavy atom. The van der Waals surface area contributed by atoms with Crippen LogP contribution in [-0.2, 0) is 9.53 Å². The third kappa shape index (κ3) is 1.97. The smallest absolute Gasteiger partial charge is 0.263 e. The summed E-state index contributed by atoms with van der Waals surface area (Å²) in [7, 11) is 0. The third-order valence-corrected chi connectivity index (χ3v) is 3.89. The highest BCUT2D eigenvalue weighted by Gasteiger charge is 2.56. The van der Waals surface area contributed by atoms with Gasteiger partial charge in [-0.25, -0.2) is 0 Å². The molecule has 9 heteroatoms. The van der Waals surface area contributed by atoms with Gasteiger partial charge in [0.05, 0.1) is 6.61 Å². The van der Waals surface area contributed by atoms with Crippen molar-refractivity contribution in [3.8, 4) is 0 Å². The molecular weight excluding hydrogens is 280 g/mol. The van der Waals surface area contributed by atoms with Crippen molar-refractivity contribution in [3.63, 3.8) is 0 Å². The van der Waals surface area contributed by atoms with Crippen LogP contribution in [0.3, 0.4) is 0 Å². The molecule has 0 bridgehead atoms. The molecule has 0 aromatic rings. The quantitative estimate of drug-likeness (QED) is 0.442. The van der Waals surface area contributed by atoms with E-state index < -0.39 is 42.5 Å². The van der Waals surface area contributed by atoms with Crippen molar-refractivity contribution in [1.29, 1.82) is 0 Å². The zero-order valence-corrected chi connectivity index (χ0v) is 11.2. The highest BCUT2D eigenvalue weighted by Crippen LogP contribution is 2.36. The molecule has 114 valence electrons. The lowest BCUT2D eigenvalue weighted by molar-refractivity contribution is -0.119. The Morgan fingerprint density at radius 2 is 2.24 bits per heavy atom. The van der Waals surface area contributed by atoms with Crippen molar-refractivity contribution >= 4 is 17.7 Å². The molecule has 5 N–H and O–H groups in total. The summed E-state index contributed by atoms with van der Waals surface area (Å²) in [6, 6.07) is 0. The van der Waals surface area contributed by atoms with Gasteiger partial charge in [0.1, 0.15) is 29.6 Å². The number of aliphatic hydroxyl groups excluding tert-OH is 2. The molecule has 3 aliphatic rings. The molecule has 21 heavy (non-hydrogen) atoms. The molecule has 0 aliphatic carbocycles. The van der Waals surface area contributed by atoms with Crippen LogP contribution >= 0.6 is 0 Å². The van der Waals surface area contributed by atoms with Gasteiger partial charge in [-0.3, -0.25) is 4.79 Å². The first-order chi connectivity index (χ1) is 9.86. The fraction of sp³-hybridized carbons (Fsp3) is 0.583. The zero-order valence-electron chi connectivity index (χ0n) is 11.2. The molecular formula is C12H16N4O5. The standard InChI is InChI=1S/C12H16N4O5/c1-12(20)7(18)6(4-17)21-10(12)16-3-2-5-8(16)14-11(13)15-9(5)19/h2-3,5-7,10,17-18,20H,4H2,1H3,(H2,13,15,19). The topological polar surface area (TPSA) is 141 Å². The van der Waals surface area contributed by atoms with Gasteiger partial charge in [0.2, 0.25) is 5.96 Å². The number of guanidine groups is 1. The van der Waals surface area contributed by atoms with Crippen molar-refractivity contribution < 1.29 is 24.9 Å². The number of carbonyl (C=O) groups is 1. The second-order valence-corrected chi connectivity index (χ2v) is 5.38. The number of ether oxygens (including phenoxy) is 1. The Labute approximate surface area is 120 Å². The molecule has 0 aromatic heterocycles. The number of nitrogens with two attached hydrogens (primary N) is 1. The Morgan fingerprint density at radius 1 is 1.52 bits per heavy atom. The average molecular weight is 296 g/mol. The number of fused-ring (bicyclic) bond motifs is 1. The summed E-state index contributed by atoms with van der Waals surface area (Å²) in [4.78, 5) is 20.8. The minimum atomic E-state index is -1.65. The van der Waals surface area contributed by atoms with Gasteiger partial charge < -0.3 is 30.7 Å². The molecule has 1 amide bonds. The van der Waals surface area contributed by atoms with Crippen LogP contribution in [0, 0.1) is 5.92 Å². The number of carbonyl (C=O) groups excluding carboxylic acids is 1. The largest absolute Gasteiger partial charge is 0.394 e. The molecule has 0 saturated carbocycles. The van der Waals surface area contributed by atoms with Gasteiger partial charge in [0, 0.05) is 6.20 Å². The van der Waals surface area contributed by atoms with Gasteiger partial charge in [-0.05, 0) is 13.0 Å². The lowest BCUT2D eigenvalue weighted by Crippen LogP contribution is -2.53. The first kappa shape index (κ1) is 14.1. The Bertz CT molecular complexity index is 570. The van der Waals surface area contributed by atoms with Crippen LogP contribution in [0.25, 0.3) is 0 Å². The molecule has 1 fully saturated rings. The average Bonchev–Trinajstić information content (AvgIpc) is 2.91. The van der Waals surface area contributed by atoms with E-state index in [2.05, 4.69) is 9.98 Å². The maximum atomic E-state index is 11.8. The number of amides is 1. The normalized spacial score (nSPS) is 42.1. The van der Waals surface area contributed by atoms with E-state index in [9.17, 15) is 20.1 Å². The summed E-state index contributed by atoms with van der Waals surface area (Å²) in [6.07, 6.45) is -0.103. The number of amidine groups is 1. The highest BCUT2D eigenvalue weighted by molar-refractivity contribution is 6.16. The summed E-state index contributed by atoms with van der Waals surface area (Å²) < 4.78 is 5.49. The Balaban J connectivity index is 1.93. The summed E-state index contributed by atoms with van der Waals surface area (Å²) >= 11 is 0. The van der Waals surface area contributed by atoms with E-state index in [-0.39, 0.29) is 11.8 Å². The van der Waals surface area contributed by atoms with Crippen LogP contribution < -0.4 is 5.73 Å². The van der Waals surface area contributed by atoms with Crippen molar-refractivity contribution in [2.75, 3.05) is 6.61 Å².